The molecule has 2 aliphatic rings. The maximum atomic E-state index is 13.6. The normalized spacial score (nSPS) is 34.7. The third kappa shape index (κ3) is 7.42. The van der Waals surface area contributed by atoms with Gasteiger partial charge in [0.1, 0.15) is 11.9 Å². The summed E-state index contributed by atoms with van der Waals surface area (Å²) in [6, 6.07) is 0.725. The van der Waals surface area contributed by atoms with Crippen molar-refractivity contribution >= 4 is 48.1 Å². The smallest absolute Gasteiger partial charge is 0.309 e. The Balaban J connectivity index is 1.86. The number of carbonyl (C=O) groups is 2. The van der Waals surface area contributed by atoms with Crippen LogP contribution in [0.5, 0.6) is 0 Å². The number of hydrogen-bond donors (Lipinski definition) is 1. The standard InChI is InChI=1S/C26H42N2O5P2S/c1-14-8-7-9-19-20(28-19)11-21(15(2)10-18-13-36-17(4)27-18)31-23(29)12-22(32-34)26(5,6)25(30)16(3)24(14)33-35/h10,13-14,16,19-22,24,28H,7-9,11-12,34-35H2,1-6H3/b15-10+/t14?,16?,19?,20?,21?,22-,24?/m0/s1. The number of nitrogens with one attached hydrogen (secondary N) is 1. The highest BCUT2D eigenvalue weighted by molar-refractivity contribution is 7.10. The first kappa shape index (κ1) is 29.8. The first-order chi connectivity index (χ1) is 17.0. The average molecular weight is 557 g/mol. The van der Waals surface area contributed by atoms with Gasteiger partial charge >= 0.3 is 5.97 Å². The van der Waals surface area contributed by atoms with E-state index in [0.29, 0.717) is 18.5 Å². The average Bonchev–Trinajstić information content (AvgIpc) is 3.43. The molecule has 8 unspecified atom stereocenters. The lowest BCUT2D eigenvalue weighted by atomic mass is 9.73. The van der Waals surface area contributed by atoms with Crippen molar-refractivity contribution in [1.82, 2.24) is 10.3 Å². The number of fused-ring (bicyclic) bond motifs is 1. The Bertz CT molecular complexity index is 953. The van der Waals surface area contributed by atoms with Gasteiger partial charge in [0.25, 0.3) is 0 Å². The number of aromatic nitrogens is 1. The maximum Gasteiger partial charge on any atom is 0.309 e. The molecule has 7 nitrogen and oxygen atoms in total. The Morgan fingerprint density at radius 1 is 1.22 bits per heavy atom. The van der Waals surface area contributed by atoms with Gasteiger partial charge in [0, 0.05) is 48.7 Å². The molecule has 9 atom stereocenters. The second-order valence-electron chi connectivity index (χ2n) is 11.0. The maximum absolute atomic E-state index is 13.6. The van der Waals surface area contributed by atoms with Gasteiger partial charge in [-0.1, -0.05) is 34.1 Å². The van der Waals surface area contributed by atoms with Crippen LogP contribution in [0, 0.1) is 24.2 Å². The van der Waals surface area contributed by atoms with Crippen LogP contribution in [0.1, 0.15) is 77.4 Å². The summed E-state index contributed by atoms with van der Waals surface area (Å²) in [7, 11) is 4.57. The summed E-state index contributed by atoms with van der Waals surface area (Å²) in [6.45, 7) is 11.7. The second-order valence-corrected chi connectivity index (χ2v) is 12.6. The summed E-state index contributed by atoms with van der Waals surface area (Å²) in [5, 5.41) is 6.58. The van der Waals surface area contributed by atoms with Crippen molar-refractivity contribution in [3.05, 3.63) is 21.7 Å². The zero-order chi connectivity index (χ0) is 26.6. The van der Waals surface area contributed by atoms with E-state index < -0.39 is 11.5 Å². The van der Waals surface area contributed by atoms with Crippen LogP contribution in [0.2, 0.25) is 0 Å². The zero-order valence-corrected chi connectivity index (χ0v) is 25.4. The van der Waals surface area contributed by atoms with Gasteiger partial charge in [-0.25, -0.2) is 4.98 Å². The van der Waals surface area contributed by atoms with E-state index in [1.165, 1.54) is 0 Å². The van der Waals surface area contributed by atoms with Gasteiger partial charge < -0.3 is 19.1 Å². The molecule has 0 radical (unpaired) electrons. The van der Waals surface area contributed by atoms with Gasteiger partial charge in [0.2, 0.25) is 0 Å². The van der Waals surface area contributed by atoms with E-state index in [4.69, 9.17) is 13.8 Å². The van der Waals surface area contributed by atoms with Crippen molar-refractivity contribution in [1.29, 1.82) is 0 Å². The van der Waals surface area contributed by atoms with Crippen LogP contribution in [-0.4, -0.2) is 47.1 Å². The summed E-state index contributed by atoms with van der Waals surface area (Å²) in [5.74, 6) is -0.475. The van der Waals surface area contributed by atoms with Crippen LogP contribution < -0.4 is 5.32 Å². The molecule has 0 spiro atoms. The molecular weight excluding hydrogens is 514 g/mol. The molecule has 2 aliphatic heterocycles. The van der Waals surface area contributed by atoms with E-state index >= 15 is 0 Å². The third-order valence-electron chi connectivity index (χ3n) is 7.82. The molecule has 2 fully saturated rings. The van der Waals surface area contributed by atoms with E-state index in [1.54, 1.807) is 11.3 Å². The van der Waals surface area contributed by atoms with Crippen LogP contribution in [0.15, 0.2) is 11.0 Å². The highest BCUT2D eigenvalue weighted by atomic mass is 32.1. The van der Waals surface area contributed by atoms with Gasteiger partial charge in [0.15, 0.2) is 0 Å². The monoisotopic (exact) mass is 556 g/mol. The number of ether oxygens (including phenoxy) is 1. The second kappa shape index (κ2) is 12.9. The Morgan fingerprint density at radius 3 is 2.56 bits per heavy atom. The fourth-order valence-corrected chi connectivity index (χ4v) is 6.87. The van der Waals surface area contributed by atoms with Crippen LogP contribution >= 0.6 is 30.3 Å². The predicted molar refractivity (Wildman–Crippen MR) is 150 cm³/mol. The van der Waals surface area contributed by atoms with Gasteiger partial charge in [-0.3, -0.25) is 9.59 Å². The number of aryl methyl sites for hydroxylation is 1. The van der Waals surface area contributed by atoms with Crippen LogP contribution in [0.4, 0.5) is 0 Å². The Kier molecular flexibility index (Phi) is 10.7. The molecule has 1 N–H and O–H groups in total. The minimum Gasteiger partial charge on any atom is -0.458 e. The van der Waals surface area contributed by atoms with E-state index in [2.05, 4.69) is 36.2 Å². The van der Waals surface area contributed by atoms with E-state index in [0.717, 1.165) is 35.5 Å². The molecule has 0 aromatic carbocycles. The topological polar surface area (TPSA) is 96.7 Å². The molecule has 0 bridgehead atoms. The number of cyclic esters (lactones) is 1. The molecular formula is C26H42N2O5P2S. The molecule has 1 aromatic heterocycles. The summed E-state index contributed by atoms with van der Waals surface area (Å²) >= 11 is 1.60. The van der Waals surface area contributed by atoms with E-state index in [1.807, 2.05) is 46.1 Å². The third-order valence-corrected chi connectivity index (χ3v) is 9.26. The Hall–Kier alpha value is -0.750. The van der Waals surface area contributed by atoms with Crippen molar-refractivity contribution < 1.29 is 23.4 Å². The number of hydrogen-bond acceptors (Lipinski definition) is 8. The molecule has 10 heteroatoms. The lowest BCUT2D eigenvalue weighted by Gasteiger charge is -2.37. The van der Waals surface area contributed by atoms with Crippen LogP contribution in [0.25, 0.3) is 6.08 Å². The van der Waals surface area contributed by atoms with Gasteiger partial charge in [0.05, 0.1) is 34.7 Å². The predicted octanol–water partition coefficient (Wildman–Crippen LogP) is 5.29. The number of nitrogens with zero attached hydrogens (tertiary/aromatic N) is 1. The number of ketones is 1. The molecule has 36 heavy (non-hydrogen) atoms. The van der Waals surface area contributed by atoms with Crippen molar-refractivity contribution in [2.45, 2.75) is 104 Å². The molecule has 3 heterocycles. The lowest BCUT2D eigenvalue weighted by molar-refractivity contribution is -0.152. The van der Waals surface area contributed by atoms with Crippen molar-refractivity contribution in [3.63, 3.8) is 0 Å². The number of rotatable bonds is 4. The summed E-state index contributed by atoms with van der Waals surface area (Å²) in [6.07, 6.45) is 4.53. The number of esters is 1. The number of thiazole rings is 1. The molecule has 0 saturated carbocycles. The molecule has 3 rings (SSSR count). The van der Waals surface area contributed by atoms with E-state index in [9.17, 15) is 9.59 Å². The van der Waals surface area contributed by atoms with Crippen LogP contribution in [-0.2, 0) is 23.4 Å². The van der Waals surface area contributed by atoms with E-state index in [-0.39, 0.29) is 42.2 Å². The summed E-state index contributed by atoms with van der Waals surface area (Å²) in [5.41, 5.74) is 0.939. The SMILES string of the molecule is C/C(=C\c1csc(C)n1)C1CC2NC2CCCC(C)C(OP)C(C)C(=O)C(C)(C)[C@@H](OP)CC(=O)O1. The van der Waals surface area contributed by atoms with Gasteiger partial charge in [-0.2, -0.15) is 0 Å². The Labute approximate surface area is 224 Å². The van der Waals surface area contributed by atoms with Crippen molar-refractivity contribution in [3.8, 4) is 0 Å². The van der Waals surface area contributed by atoms with Crippen molar-refractivity contribution in [2.24, 2.45) is 17.3 Å². The highest BCUT2D eigenvalue weighted by Crippen LogP contribution is 2.37. The molecule has 0 aliphatic carbocycles. The summed E-state index contributed by atoms with van der Waals surface area (Å²) < 4.78 is 17.4. The van der Waals surface area contributed by atoms with Gasteiger partial charge in [-0.05, 0) is 44.3 Å². The summed E-state index contributed by atoms with van der Waals surface area (Å²) in [4.78, 5) is 31.3. The van der Waals surface area contributed by atoms with Crippen LogP contribution in [0.3, 0.4) is 0 Å². The fraction of sp³-hybridized carbons (Fsp3) is 0.731. The number of Topliss-reactive ketones (excluding diaryl/α,β-unsaturated/α-hetero) is 1. The molecule has 0 amide bonds. The zero-order valence-electron chi connectivity index (χ0n) is 22.3. The largest absolute Gasteiger partial charge is 0.458 e. The first-order valence-corrected chi connectivity index (χ1v) is 14.6. The fourth-order valence-electron chi connectivity index (χ4n) is 5.36. The quantitative estimate of drug-likeness (QED) is 0.306. The lowest BCUT2D eigenvalue weighted by Crippen LogP contribution is -2.46. The minimum absolute atomic E-state index is 0.0158. The number of carbonyl (C=O) groups excluding carboxylic acids is 2. The minimum atomic E-state index is -0.903. The van der Waals surface area contributed by atoms with Crippen molar-refractivity contribution in [2.75, 3.05) is 0 Å². The first-order valence-electron chi connectivity index (χ1n) is 12.8. The molecule has 2 saturated heterocycles. The van der Waals surface area contributed by atoms with Gasteiger partial charge in [-0.15, -0.1) is 11.3 Å². The highest BCUT2D eigenvalue weighted by Gasteiger charge is 2.45. The Morgan fingerprint density at radius 2 is 1.94 bits per heavy atom. The molecule has 1 aromatic rings. The molecule has 202 valence electrons.